The van der Waals surface area contributed by atoms with Crippen LogP contribution in [0.3, 0.4) is 0 Å². The van der Waals surface area contributed by atoms with Gasteiger partial charge in [0.25, 0.3) is 0 Å². The second kappa shape index (κ2) is 57.7. The summed E-state index contributed by atoms with van der Waals surface area (Å²) in [6, 6.07) is -0.888. The average Bonchev–Trinajstić information content (AvgIpc) is 3.40. The van der Waals surface area contributed by atoms with Crippen LogP contribution in [0, 0.1) is 0 Å². The molecule has 0 heterocycles. The lowest BCUT2D eigenvalue weighted by Gasteiger charge is -2.27. The number of likely N-dealkylation sites (N-methyl/N-ethyl adjacent to an activating group) is 1. The molecule has 0 aromatic carbocycles. The van der Waals surface area contributed by atoms with Gasteiger partial charge in [-0.25, -0.2) is 4.57 Å². The molecule has 78 heavy (non-hydrogen) atoms. The van der Waals surface area contributed by atoms with E-state index in [9.17, 15) is 19.0 Å². The number of amides is 1. The van der Waals surface area contributed by atoms with E-state index in [1.54, 1.807) is 0 Å². The Bertz CT molecular complexity index is 1570. The van der Waals surface area contributed by atoms with Crippen LogP contribution in [0.5, 0.6) is 0 Å². The molecule has 0 aliphatic carbocycles. The van der Waals surface area contributed by atoms with Gasteiger partial charge in [0.1, 0.15) is 19.3 Å². The van der Waals surface area contributed by atoms with E-state index < -0.39 is 20.0 Å². The lowest BCUT2D eigenvalue weighted by Crippen LogP contribution is -2.47. The molecular formula is C68H126N2O7P+. The summed E-state index contributed by atoms with van der Waals surface area (Å²) in [5.74, 6) is -0.595. The number of hydrogen-bond donors (Lipinski definition) is 2. The fourth-order valence-electron chi connectivity index (χ4n) is 9.40. The van der Waals surface area contributed by atoms with Crippen LogP contribution < -0.4 is 5.32 Å². The van der Waals surface area contributed by atoms with Crippen molar-refractivity contribution in [3.63, 3.8) is 0 Å². The number of ether oxygens (including phenoxy) is 1. The summed E-state index contributed by atoms with van der Waals surface area (Å²) in [6.45, 7) is 6.86. The van der Waals surface area contributed by atoms with Gasteiger partial charge in [-0.3, -0.25) is 18.6 Å². The Morgan fingerprint density at radius 3 is 1.23 bits per heavy atom. The molecule has 0 rings (SSSR count). The molecule has 10 heteroatoms. The molecule has 454 valence electrons. The molecule has 9 nitrogen and oxygen atoms in total. The summed E-state index contributed by atoms with van der Waals surface area (Å²) in [5, 5.41) is 3.01. The highest BCUT2D eigenvalue weighted by molar-refractivity contribution is 7.47. The minimum absolute atomic E-state index is 0.0260. The third kappa shape index (κ3) is 58.1. The van der Waals surface area contributed by atoms with Gasteiger partial charge in [0.05, 0.1) is 33.8 Å². The maximum atomic E-state index is 13.5. The van der Waals surface area contributed by atoms with Gasteiger partial charge >= 0.3 is 13.8 Å². The SMILES string of the molecule is CC/C=C/C/C=C/C/C=C/C/C=C/C/C=C/CCC(=O)NC(COP(=O)(O)OCC[N+](C)(C)C)C(/C=C\CCCCCCCCCCC)OC(=O)CCCCCCCCCCCCCCCCCCCCCCCCCCC. The van der Waals surface area contributed by atoms with Gasteiger partial charge in [0, 0.05) is 12.8 Å². The molecule has 2 N–H and O–H groups in total. The van der Waals surface area contributed by atoms with E-state index in [0.717, 1.165) is 70.6 Å². The van der Waals surface area contributed by atoms with Crippen molar-refractivity contribution >= 4 is 19.7 Å². The van der Waals surface area contributed by atoms with Gasteiger partial charge in [-0.1, -0.05) is 293 Å². The topological polar surface area (TPSA) is 111 Å². The summed E-state index contributed by atoms with van der Waals surface area (Å²) in [4.78, 5) is 37.7. The maximum Gasteiger partial charge on any atom is 0.472 e. The van der Waals surface area contributed by atoms with Crippen LogP contribution in [0.1, 0.15) is 297 Å². The van der Waals surface area contributed by atoms with Crippen LogP contribution in [0.25, 0.3) is 0 Å². The molecule has 0 saturated carbocycles. The lowest BCUT2D eigenvalue weighted by molar-refractivity contribution is -0.870. The number of phosphoric acid groups is 1. The molecule has 0 spiro atoms. The van der Waals surface area contributed by atoms with Crippen LogP contribution in [-0.4, -0.2) is 74.3 Å². The predicted molar refractivity (Wildman–Crippen MR) is 337 cm³/mol. The fraction of sp³-hybridized carbons (Fsp3) is 0.794. The van der Waals surface area contributed by atoms with Gasteiger partial charge in [0.2, 0.25) is 5.91 Å². The average molecular weight is 1110 g/mol. The zero-order valence-electron chi connectivity index (χ0n) is 51.9. The van der Waals surface area contributed by atoms with E-state index in [1.165, 1.54) is 186 Å². The van der Waals surface area contributed by atoms with Crippen LogP contribution in [0.4, 0.5) is 0 Å². The number of allylic oxidation sites excluding steroid dienone is 11. The largest absolute Gasteiger partial charge is 0.472 e. The van der Waals surface area contributed by atoms with Crippen molar-refractivity contribution in [2.45, 2.75) is 309 Å². The molecule has 0 fully saturated rings. The van der Waals surface area contributed by atoms with Crippen molar-refractivity contribution < 1.29 is 37.3 Å². The first-order valence-electron chi connectivity index (χ1n) is 32.8. The molecular weight excluding hydrogens is 988 g/mol. The van der Waals surface area contributed by atoms with Gasteiger partial charge in [0.15, 0.2) is 0 Å². The fourth-order valence-corrected chi connectivity index (χ4v) is 10.1. The van der Waals surface area contributed by atoms with E-state index in [4.69, 9.17) is 13.8 Å². The lowest BCUT2D eigenvalue weighted by atomic mass is 10.0. The number of phosphoric ester groups is 1. The Kier molecular flexibility index (Phi) is 55.8. The second-order valence-corrected chi connectivity index (χ2v) is 24.7. The van der Waals surface area contributed by atoms with Crippen molar-refractivity contribution in [1.29, 1.82) is 0 Å². The minimum Gasteiger partial charge on any atom is -0.456 e. The van der Waals surface area contributed by atoms with Gasteiger partial charge < -0.3 is 19.4 Å². The second-order valence-electron chi connectivity index (χ2n) is 23.3. The molecule has 0 saturated heterocycles. The Morgan fingerprint density at radius 2 is 0.833 bits per heavy atom. The molecule has 3 atom stereocenters. The van der Waals surface area contributed by atoms with Crippen molar-refractivity contribution in [3.8, 4) is 0 Å². The number of esters is 1. The molecule has 0 bridgehead atoms. The predicted octanol–water partition coefficient (Wildman–Crippen LogP) is 20.4. The number of nitrogens with one attached hydrogen (secondary N) is 1. The molecule has 0 aromatic rings. The number of carbonyl (C=O) groups is 2. The number of rotatable bonds is 59. The zero-order chi connectivity index (χ0) is 57.2. The quantitative estimate of drug-likeness (QED) is 0.0205. The summed E-state index contributed by atoms with van der Waals surface area (Å²) in [5.41, 5.74) is 0. The number of quaternary nitrogens is 1. The van der Waals surface area contributed by atoms with E-state index in [-0.39, 0.29) is 37.9 Å². The van der Waals surface area contributed by atoms with Crippen LogP contribution >= 0.6 is 7.82 Å². The van der Waals surface area contributed by atoms with Crippen LogP contribution in [-0.2, 0) is 27.9 Å². The van der Waals surface area contributed by atoms with Crippen molar-refractivity contribution in [3.05, 3.63) is 72.9 Å². The minimum atomic E-state index is -4.47. The summed E-state index contributed by atoms with van der Waals surface area (Å²) >= 11 is 0. The zero-order valence-corrected chi connectivity index (χ0v) is 52.8. The van der Waals surface area contributed by atoms with Gasteiger partial charge in [-0.2, -0.15) is 0 Å². The van der Waals surface area contributed by atoms with Gasteiger partial charge in [-0.15, -0.1) is 0 Å². The first kappa shape index (κ1) is 75.5. The maximum absolute atomic E-state index is 13.5. The monoisotopic (exact) mass is 1110 g/mol. The molecule has 0 aliphatic heterocycles. The van der Waals surface area contributed by atoms with E-state index >= 15 is 0 Å². The van der Waals surface area contributed by atoms with Gasteiger partial charge in [-0.05, 0) is 63.9 Å². The smallest absolute Gasteiger partial charge is 0.456 e. The highest BCUT2D eigenvalue weighted by Crippen LogP contribution is 2.43. The summed E-state index contributed by atoms with van der Waals surface area (Å²) in [6.07, 6.45) is 75.2. The Labute approximate surface area is 483 Å². The normalized spacial score (nSPS) is 14.1. The molecule has 3 unspecified atom stereocenters. The van der Waals surface area contributed by atoms with Crippen LogP contribution in [0.2, 0.25) is 0 Å². The third-order valence-corrected chi connectivity index (χ3v) is 15.4. The van der Waals surface area contributed by atoms with Crippen molar-refractivity contribution in [2.75, 3.05) is 40.9 Å². The van der Waals surface area contributed by atoms with E-state index in [0.29, 0.717) is 17.4 Å². The molecule has 0 radical (unpaired) electrons. The van der Waals surface area contributed by atoms with Crippen molar-refractivity contribution in [2.24, 2.45) is 0 Å². The van der Waals surface area contributed by atoms with E-state index in [1.807, 2.05) is 39.4 Å². The Hall–Kier alpha value is -2.55. The highest BCUT2D eigenvalue weighted by atomic mass is 31.2. The first-order chi connectivity index (χ1) is 37.9. The Morgan fingerprint density at radius 1 is 0.462 bits per heavy atom. The molecule has 1 amide bonds. The van der Waals surface area contributed by atoms with Crippen molar-refractivity contribution in [1.82, 2.24) is 5.32 Å². The highest BCUT2D eigenvalue weighted by Gasteiger charge is 2.30. The van der Waals surface area contributed by atoms with Crippen LogP contribution in [0.15, 0.2) is 72.9 Å². The summed E-state index contributed by atoms with van der Waals surface area (Å²) < 4.78 is 30.6. The molecule has 0 aliphatic rings. The number of carbonyl (C=O) groups excluding carboxylic acids is 2. The number of nitrogens with zero attached hydrogens (tertiary/aromatic N) is 1. The third-order valence-electron chi connectivity index (χ3n) is 14.4. The standard InChI is InChI=1S/C68H125N2O7P/c1-7-10-13-16-19-22-25-27-29-31-32-33-34-35-36-37-38-39-41-43-46-49-52-55-58-61-68(72)77-66(59-56-53-50-47-44-24-21-18-15-12-9-3)65(64-76-78(73,74)75-63-62-70(4,5)6)69-67(71)60-57-54-51-48-45-42-40-30-28-26-23-20-17-14-11-8-2/h11,14,20,23,28,30,42,45,51,54,56,59,65-66H,7-10,12-13,15-19,21-22,24-27,29,31-41,43-44,46-50,52-53,55,57-58,60-64H2,1-6H3,(H-,69,71,73,74)/p+1/b14-11+,23-20+,30-28+,45-42+,54-51+,59-56-. The number of hydrogen-bond acceptors (Lipinski definition) is 6. The number of unbranched alkanes of at least 4 members (excludes halogenated alkanes) is 33. The Balaban J connectivity index is 5.11. The molecule has 0 aromatic heterocycles. The first-order valence-corrected chi connectivity index (χ1v) is 34.3. The summed E-state index contributed by atoms with van der Waals surface area (Å²) in [7, 11) is 1.45. The van der Waals surface area contributed by atoms with E-state index in [2.05, 4.69) is 80.8 Å².